The lowest BCUT2D eigenvalue weighted by molar-refractivity contribution is 0.262. The van der Waals surface area contributed by atoms with Crippen LogP contribution in [0.4, 0.5) is 16.3 Å². The first kappa shape index (κ1) is 15.1. The number of anilines is 2. The molecule has 0 radical (unpaired) electrons. The van der Waals surface area contributed by atoms with Gasteiger partial charge in [0.25, 0.3) is 0 Å². The number of nitrogens with one attached hydrogen (secondary N) is 3. The van der Waals surface area contributed by atoms with Gasteiger partial charge in [-0.2, -0.15) is 5.10 Å². The molecule has 0 aliphatic carbocycles. The lowest BCUT2D eigenvalue weighted by Gasteiger charge is -2.13. The van der Waals surface area contributed by atoms with Crippen molar-refractivity contribution in [3.05, 3.63) is 42.1 Å². The summed E-state index contributed by atoms with van der Waals surface area (Å²) in [5.41, 5.74) is 1.94. The Bertz CT molecular complexity index is 590. The minimum absolute atomic E-state index is 0.286. The minimum atomic E-state index is -0.286. The molecule has 1 atom stereocenters. The summed E-state index contributed by atoms with van der Waals surface area (Å²) in [5.74, 6) is 0.643. The van der Waals surface area contributed by atoms with E-state index >= 15 is 0 Å². The molecule has 1 unspecified atom stereocenters. The van der Waals surface area contributed by atoms with Gasteiger partial charge in [0.2, 0.25) is 0 Å². The summed E-state index contributed by atoms with van der Waals surface area (Å²) in [4.78, 5) is 11.9. The quantitative estimate of drug-likeness (QED) is 0.792. The molecule has 1 aromatic carbocycles. The summed E-state index contributed by atoms with van der Waals surface area (Å²) < 4.78 is 1.60. The highest BCUT2D eigenvalue weighted by Crippen LogP contribution is 2.16. The molecule has 0 aliphatic rings. The third-order valence-corrected chi connectivity index (χ3v) is 3.24. The van der Waals surface area contributed by atoms with E-state index in [1.807, 2.05) is 24.3 Å². The zero-order chi connectivity index (χ0) is 15.2. The van der Waals surface area contributed by atoms with Crippen molar-refractivity contribution in [3.63, 3.8) is 0 Å². The van der Waals surface area contributed by atoms with Crippen molar-refractivity contribution in [3.8, 4) is 0 Å². The molecule has 6 heteroatoms. The monoisotopic (exact) mass is 287 g/mol. The molecule has 112 valence electrons. The van der Waals surface area contributed by atoms with Crippen LogP contribution in [0.25, 0.3) is 0 Å². The van der Waals surface area contributed by atoms with E-state index in [1.54, 1.807) is 24.0 Å². The van der Waals surface area contributed by atoms with Crippen LogP contribution in [0, 0.1) is 0 Å². The van der Waals surface area contributed by atoms with E-state index in [4.69, 9.17) is 0 Å². The molecule has 0 saturated carbocycles. The molecule has 1 heterocycles. The number of carbonyl (C=O) groups is 1. The molecule has 21 heavy (non-hydrogen) atoms. The Morgan fingerprint density at radius 2 is 1.95 bits per heavy atom. The van der Waals surface area contributed by atoms with E-state index in [0.29, 0.717) is 11.9 Å². The van der Waals surface area contributed by atoms with E-state index in [0.717, 1.165) is 12.2 Å². The first-order chi connectivity index (χ1) is 10.1. The average molecular weight is 287 g/mol. The number of hydrogen-bond donors (Lipinski definition) is 3. The fourth-order valence-corrected chi connectivity index (χ4v) is 2.05. The number of urea groups is 1. The fourth-order valence-electron chi connectivity index (χ4n) is 2.05. The summed E-state index contributed by atoms with van der Waals surface area (Å²) in [6.07, 6.45) is 1.63. The van der Waals surface area contributed by atoms with Gasteiger partial charge in [0.05, 0.1) is 6.20 Å². The number of carbonyl (C=O) groups excluding carboxylic acids is 1. The first-order valence-corrected chi connectivity index (χ1v) is 6.99. The smallest absolute Gasteiger partial charge is 0.310 e. The van der Waals surface area contributed by atoms with Crippen LogP contribution in [-0.4, -0.2) is 22.4 Å². The minimum Gasteiger partial charge on any atom is -0.310 e. The molecule has 2 aromatic rings. The van der Waals surface area contributed by atoms with Gasteiger partial charge in [-0.05, 0) is 31.2 Å². The maximum atomic E-state index is 11.9. The Balaban J connectivity index is 1.94. The summed E-state index contributed by atoms with van der Waals surface area (Å²) in [6, 6.07) is 9.55. The van der Waals surface area contributed by atoms with Gasteiger partial charge < -0.3 is 10.6 Å². The van der Waals surface area contributed by atoms with E-state index < -0.39 is 0 Å². The number of aromatic nitrogens is 2. The van der Waals surface area contributed by atoms with Gasteiger partial charge in [0.1, 0.15) is 5.82 Å². The van der Waals surface area contributed by atoms with Crippen LogP contribution in [0.3, 0.4) is 0 Å². The van der Waals surface area contributed by atoms with Gasteiger partial charge in [-0.3, -0.25) is 10.00 Å². The largest absolute Gasteiger partial charge is 0.324 e. The van der Waals surface area contributed by atoms with Crippen molar-refractivity contribution in [1.29, 1.82) is 0 Å². The van der Waals surface area contributed by atoms with Gasteiger partial charge in [-0.25, -0.2) is 4.79 Å². The molecule has 0 spiro atoms. The molecule has 2 amide bonds. The van der Waals surface area contributed by atoms with E-state index in [9.17, 15) is 4.79 Å². The molecule has 0 saturated heterocycles. The van der Waals surface area contributed by atoms with Crippen LogP contribution >= 0.6 is 0 Å². The van der Waals surface area contributed by atoms with Gasteiger partial charge in [-0.1, -0.05) is 19.1 Å². The highest BCUT2D eigenvalue weighted by atomic mass is 16.2. The highest BCUT2D eigenvalue weighted by Gasteiger charge is 2.07. The zero-order valence-electron chi connectivity index (χ0n) is 12.6. The van der Waals surface area contributed by atoms with Crippen molar-refractivity contribution in [2.24, 2.45) is 7.05 Å². The standard InChI is InChI=1S/C15H21N5O/c1-4-16-11(2)12-5-7-13(8-6-12)18-15(21)19-14-9-10-17-20(14)3/h5-11,16H,4H2,1-3H3,(H2,18,19,21). The molecule has 0 bridgehead atoms. The predicted octanol–water partition coefficient (Wildman–Crippen LogP) is 2.73. The summed E-state index contributed by atoms with van der Waals surface area (Å²) >= 11 is 0. The Morgan fingerprint density at radius 1 is 1.24 bits per heavy atom. The normalized spacial score (nSPS) is 12.0. The molecule has 0 aliphatic heterocycles. The number of rotatable bonds is 5. The maximum Gasteiger partial charge on any atom is 0.324 e. The lowest BCUT2D eigenvalue weighted by atomic mass is 10.1. The van der Waals surface area contributed by atoms with Crippen molar-refractivity contribution in [2.75, 3.05) is 17.2 Å². The number of nitrogens with zero attached hydrogens (tertiary/aromatic N) is 2. The number of aryl methyl sites for hydroxylation is 1. The summed E-state index contributed by atoms with van der Waals surface area (Å²) in [7, 11) is 1.77. The highest BCUT2D eigenvalue weighted by molar-refractivity contribution is 5.99. The molecule has 3 N–H and O–H groups in total. The molecule has 6 nitrogen and oxygen atoms in total. The molecular weight excluding hydrogens is 266 g/mol. The average Bonchev–Trinajstić information content (AvgIpc) is 2.85. The van der Waals surface area contributed by atoms with Crippen molar-refractivity contribution < 1.29 is 4.79 Å². The van der Waals surface area contributed by atoms with E-state index in [-0.39, 0.29) is 6.03 Å². The van der Waals surface area contributed by atoms with Gasteiger partial charge in [-0.15, -0.1) is 0 Å². The number of hydrogen-bond acceptors (Lipinski definition) is 3. The lowest BCUT2D eigenvalue weighted by Crippen LogP contribution is -2.21. The SMILES string of the molecule is CCNC(C)c1ccc(NC(=O)Nc2ccnn2C)cc1. The van der Waals surface area contributed by atoms with Crippen molar-refractivity contribution >= 4 is 17.5 Å². The van der Waals surface area contributed by atoms with Crippen LogP contribution in [0.15, 0.2) is 36.5 Å². The van der Waals surface area contributed by atoms with Gasteiger partial charge >= 0.3 is 6.03 Å². The Kier molecular flexibility index (Phi) is 4.94. The summed E-state index contributed by atoms with van der Waals surface area (Å²) in [6.45, 7) is 5.12. The van der Waals surface area contributed by atoms with Gasteiger partial charge in [0.15, 0.2) is 0 Å². The fraction of sp³-hybridized carbons (Fsp3) is 0.333. The second-order valence-electron chi connectivity index (χ2n) is 4.82. The van der Waals surface area contributed by atoms with Crippen molar-refractivity contribution in [2.45, 2.75) is 19.9 Å². The predicted molar refractivity (Wildman–Crippen MR) is 84.4 cm³/mol. The second-order valence-corrected chi connectivity index (χ2v) is 4.82. The Hall–Kier alpha value is -2.34. The maximum absolute atomic E-state index is 11.9. The third kappa shape index (κ3) is 4.06. The molecule has 2 rings (SSSR count). The van der Waals surface area contributed by atoms with Crippen LogP contribution in [0.2, 0.25) is 0 Å². The van der Waals surface area contributed by atoms with Crippen LogP contribution < -0.4 is 16.0 Å². The second kappa shape index (κ2) is 6.90. The Morgan fingerprint density at radius 3 is 2.52 bits per heavy atom. The molecule has 0 fully saturated rings. The van der Waals surface area contributed by atoms with Crippen LogP contribution in [0.1, 0.15) is 25.5 Å². The Labute approximate surface area is 124 Å². The zero-order valence-corrected chi connectivity index (χ0v) is 12.6. The van der Waals surface area contributed by atoms with Crippen molar-refractivity contribution in [1.82, 2.24) is 15.1 Å². The topological polar surface area (TPSA) is 71.0 Å². The van der Waals surface area contributed by atoms with Crippen LogP contribution in [-0.2, 0) is 7.05 Å². The molecule has 1 aromatic heterocycles. The molecular formula is C15H21N5O. The van der Waals surface area contributed by atoms with Gasteiger partial charge in [0, 0.05) is 24.8 Å². The first-order valence-electron chi connectivity index (χ1n) is 6.99. The van der Waals surface area contributed by atoms with E-state index in [1.165, 1.54) is 5.56 Å². The number of benzene rings is 1. The number of amides is 2. The third-order valence-electron chi connectivity index (χ3n) is 3.24. The van der Waals surface area contributed by atoms with Crippen LogP contribution in [0.5, 0.6) is 0 Å². The summed E-state index contributed by atoms with van der Waals surface area (Å²) in [5, 5.41) is 12.9. The van der Waals surface area contributed by atoms with E-state index in [2.05, 4.69) is 34.9 Å².